The topological polar surface area (TPSA) is 30.0 Å². The van der Waals surface area contributed by atoms with Crippen molar-refractivity contribution in [2.24, 2.45) is 0 Å². The molecule has 0 aliphatic carbocycles. The Balaban J connectivity index is 2.07. The molecule has 0 fully saturated rings. The molecule has 2 aromatic rings. The van der Waals surface area contributed by atoms with E-state index in [1.54, 1.807) is 13.0 Å². The number of rotatable bonds is 2. The summed E-state index contributed by atoms with van der Waals surface area (Å²) in [6.07, 6.45) is 0.709. The molecule has 0 saturated carbocycles. The Bertz CT molecular complexity index is 673. The summed E-state index contributed by atoms with van der Waals surface area (Å²) in [5.41, 5.74) is 1.81. The van der Waals surface area contributed by atoms with Crippen molar-refractivity contribution in [1.29, 1.82) is 0 Å². The predicted octanol–water partition coefficient (Wildman–Crippen LogP) is 3.91. The maximum atomic E-state index is 10.7. The van der Waals surface area contributed by atoms with Crippen LogP contribution in [0.1, 0.15) is 18.9 Å². The van der Waals surface area contributed by atoms with Crippen LogP contribution in [0.5, 0.6) is 0 Å². The molecule has 0 bridgehead atoms. The van der Waals surface area contributed by atoms with Crippen LogP contribution < -0.4 is 0 Å². The standard InChI is InChI=1S/C15H12ClNOS/c1-11(18)19-9-3-2-4-12-5-7-14-13(10-12)6-8-15(16)17-14/h5-8,10H,3,9H2,1H3. The van der Waals surface area contributed by atoms with Crippen molar-refractivity contribution in [3.8, 4) is 11.8 Å². The number of hydrogen-bond donors (Lipinski definition) is 0. The smallest absolute Gasteiger partial charge is 0.185 e. The van der Waals surface area contributed by atoms with Crippen LogP contribution in [0.15, 0.2) is 30.3 Å². The van der Waals surface area contributed by atoms with Gasteiger partial charge >= 0.3 is 0 Å². The van der Waals surface area contributed by atoms with Gasteiger partial charge in [0.25, 0.3) is 0 Å². The number of thioether (sulfide) groups is 1. The molecule has 1 aromatic carbocycles. The first kappa shape index (κ1) is 13.9. The van der Waals surface area contributed by atoms with Crippen molar-refractivity contribution >= 4 is 39.4 Å². The first-order valence-corrected chi connectivity index (χ1v) is 7.20. The van der Waals surface area contributed by atoms with Crippen LogP contribution in [0.2, 0.25) is 5.15 Å². The second kappa shape index (κ2) is 6.60. The number of hydrogen-bond acceptors (Lipinski definition) is 3. The zero-order valence-electron chi connectivity index (χ0n) is 10.4. The molecule has 1 aromatic heterocycles. The summed E-state index contributed by atoms with van der Waals surface area (Å²) in [6.45, 7) is 1.57. The van der Waals surface area contributed by atoms with E-state index in [9.17, 15) is 4.79 Å². The minimum absolute atomic E-state index is 0.135. The van der Waals surface area contributed by atoms with Gasteiger partial charge in [0, 0.05) is 30.0 Å². The van der Waals surface area contributed by atoms with Gasteiger partial charge in [0.1, 0.15) is 5.15 Å². The Kier molecular flexibility index (Phi) is 4.84. The molecule has 0 N–H and O–H groups in total. The molecule has 0 saturated heterocycles. The highest BCUT2D eigenvalue weighted by molar-refractivity contribution is 8.13. The fourth-order valence-electron chi connectivity index (χ4n) is 1.59. The SMILES string of the molecule is CC(=O)SCCC#Cc1ccc2nc(Cl)ccc2c1. The van der Waals surface area contributed by atoms with E-state index in [2.05, 4.69) is 16.8 Å². The molecule has 0 amide bonds. The molecule has 4 heteroatoms. The van der Waals surface area contributed by atoms with Crippen LogP contribution in [0.3, 0.4) is 0 Å². The minimum Gasteiger partial charge on any atom is -0.288 e. The van der Waals surface area contributed by atoms with E-state index in [0.29, 0.717) is 11.6 Å². The van der Waals surface area contributed by atoms with Crippen LogP contribution in [-0.2, 0) is 4.79 Å². The lowest BCUT2D eigenvalue weighted by Gasteiger charge is -1.98. The van der Waals surface area contributed by atoms with Crippen molar-refractivity contribution in [2.75, 3.05) is 5.75 Å². The Morgan fingerprint density at radius 3 is 3.00 bits per heavy atom. The Morgan fingerprint density at radius 1 is 1.37 bits per heavy atom. The lowest BCUT2D eigenvalue weighted by molar-refractivity contribution is -0.109. The van der Waals surface area contributed by atoms with Crippen molar-refractivity contribution in [3.05, 3.63) is 41.0 Å². The number of carbonyl (C=O) groups is 1. The van der Waals surface area contributed by atoms with Gasteiger partial charge in [-0.3, -0.25) is 4.79 Å². The number of halogens is 1. The highest BCUT2D eigenvalue weighted by atomic mass is 35.5. The van der Waals surface area contributed by atoms with Crippen LogP contribution in [0.4, 0.5) is 0 Å². The van der Waals surface area contributed by atoms with Crippen LogP contribution >= 0.6 is 23.4 Å². The number of pyridine rings is 1. The molecule has 0 atom stereocenters. The van der Waals surface area contributed by atoms with Crippen LogP contribution in [0, 0.1) is 11.8 Å². The molecule has 2 nitrogen and oxygen atoms in total. The zero-order chi connectivity index (χ0) is 13.7. The largest absolute Gasteiger partial charge is 0.288 e. The van der Waals surface area contributed by atoms with E-state index in [0.717, 1.165) is 22.2 Å². The van der Waals surface area contributed by atoms with Gasteiger partial charge in [-0.05, 0) is 30.3 Å². The van der Waals surface area contributed by atoms with Crippen molar-refractivity contribution in [1.82, 2.24) is 4.98 Å². The molecule has 19 heavy (non-hydrogen) atoms. The first-order chi connectivity index (χ1) is 9.15. The van der Waals surface area contributed by atoms with Crippen LogP contribution in [-0.4, -0.2) is 15.9 Å². The zero-order valence-corrected chi connectivity index (χ0v) is 12.0. The maximum absolute atomic E-state index is 10.7. The molecule has 96 valence electrons. The van der Waals surface area contributed by atoms with Crippen molar-refractivity contribution < 1.29 is 4.79 Å². The van der Waals surface area contributed by atoms with Gasteiger partial charge < -0.3 is 0 Å². The third-order valence-electron chi connectivity index (χ3n) is 2.42. The number of aromatic nitrogens is 1. The second-order valence-electron chi connectivity index (χ2n) is 3.93. The van der Waals surface area contributed by atoms with Crippen LogP contribution in [0.25, 0.3) is 10.9 Å². The second-order valence-corrected chi connectivity index (χ2v) is 5.59. The Labute approximate surface area is 121 Å². The average Bonchev–Trinajstić information content (AvgIpc) is 2.38. The van der Waals surface area contributed by atoms with E-state index in [1.807, 2.05) is 24.3 Å². The molecular formula is C15H12ClNOS. The predicted molar refractivity (Wildman–Crippen MR) is 81.4 cm³/mol. The summed E-state index contributed by atoms with van der Waals surface area (Å²) in [5.74, 6) is 6.90. The Morgan fingerprint density at radius 2 is 2.21 bits per heavy atom. The lowest BCUT2D eigenvalue weighted by atomic mass is 10.1. The fraction of sp³-hybridized carbons (Fsp3) is 0.200. The third-order valence-corrected chi connectivity index (χ3v) is 3.45. The maximum Gasteiger partial charge on any atom is 0.185 e. The third kappa shape index (κ3) is 4.27. The summed E-state index contributed by atoms with van der Waals surface area (Å²) in [4.78, 5) is 15.0. The molecule has 0 spiro atoms. The van der Waals surface area contributed by atoms with E-state index in [-0.39, 0.29) is 5.12 Å². The number of fused-ring (bicyclic) bond motifs is 1. The molecule has 1 heterocycles. The molecule has 0 radical (unpaired) electrons. The summed E-state index contributed by atoms with van der Waals surface area (Å²) in [6, 6.07) is 9.53. The molecular weight excluding hydrogens is 278 g/mol. The molecule has 0 unspecified atom stereocenters. The number of benzene rings is 1. The molecule has 2 rings (SSSR count). The summed E-state index contributed by atoms with van der Waals surface area (Å²) in [5, 5.41) is 1.65. The summed E-state index contributed by atoms with van der Waals surface area (Å²) >= 11 is 7.14. The van der Waals surface area contributed by atoms with E-state index < -0.39 is 0 Å². The van der Waals surface area contributed by atoms with Gasteiger partial charge in [0.05, 0.1) is 5.52 Å². The normalized spacial score (nSPS) is 10.0. The summed E-state index contributed by atoms with van der Waals surface area (Å²) < 4.78 is 0. The highest BCUT2D eigenvalue weighted by Gasteiger charge is 1.97. The Hall–Kier alpha value is -1.50. The van der Waals surface area contributed by atoms with Gasteiger partial charge in [-0.2, -0.15) is 0 Å². The van der Waals surface area contributed by atoms with Gasteiger partial charge in [-0.15, -0.1) is 0 Å². The fourth-order valence-corrected chi connectivity index (χ4v) is 2.23. The highest BCUT2D eigenvalue weighted by Crippen LogP contribution is 2.16. The van der Waals surface area contributed by atoms with Gasteiger partial charge in [-0.1, -0.05) is 35.2 Å². The number of carbonyl (C=O) groups excluding carboxylic acids is 1. The minimum atomic E-state index is 0.135. The molecule has 0 aliphatic rings. The van der Waals surface area contributed by atoms with E-state index >= 15 is 0 Å². The summed E-state index contributed by atoms with van der Waals surface area (Å²) in [7, 11) is 0. The average molecular weight is 290 g/mol. The lowest BCUT2D eigenvalue weighted by Crippen LogP contribution is -1.84. The van der Waals surface area contributed by atoms with Crippen molar-refractivity contribution in [3.63, 3.8) is 0 Å². The van der Waals surface area contributed by atoms with Gasteiger partial charge in [0.15, 0.2) is 5.12 Å². The van der Waals surface area contributed by atoms with Crippen molar-refractivity contribution in [2.45, 2.75) is 13.3 Å². The quantitative estimate of drug-likeness (QED) is 0.477. The van der Waals surface area contributed by atoms with Gasteiger partial charge in [0.2, 0.25) is 0 Å². The first-order valence-electron chi connectivity index (χ1n) is 5.84. The van der Waals surface area contributed by atoms with E-state index in [4.69, 9.17) is 11.6 Å². The monoisotopic (exact) mass is 289 g/mol. The van der Waals surface area contributed by atoms with E-state index in [1.165, 1.54) is 11.8 Å². The molecule has 0 aliphatic heterocycles. The number of nitrogens with zero attached hydrogens (tertiary/aromatic N) is 1. The van der Waals surface area contributed by atoms with Gasteiger partial charge in [-0.25, -0.2) is 4.98 Å².